The minimum atomic E-state index is -0.455. The minimum Gasteiger partial charge on any atom is -0.493 e. The summed E-state index contributed by atoms with van der Waals surface area (Å²) in [6, 6.07) is 8.55. The first kappa shape index (κ1) is 18.9. The van der Waals surface area contributed by atoms with Crippen LogP contribution in [0.25, 0.3) is 11.0 Å². The summed E-state index contributed by atoms with van der Waals surface area (Å²) in [7, 11) is 4.59. The van der Waals surface area contributed by atoms with Crippen LogP contribution in [0.15, 0.2) is 39.5 Å². The van der Waals surface area contributed by atoms with Crippen molar-refractivity contribution in [2.45, 2.75) is 19.3 Å². The van der Waals surface area contributed by atoms with Gasteiger partial charge in [0.05, 0.1) is 27.8 Å². The minimum absolute atomic E-state index is 0.0857. The van der Waals surface area contributed by atoms with Crippen LogP contribution in [-0.2, 0) is 4.79 Å². The number of hydrogen-bond acceptors (Lipinski definition) is 7. The number of esters is 1. The Hall–Kier alpha value is -3.48. The van der Waals surface area contributed by atoms with Crippen molar-refractivity contribution in [3.8, 4) is 23.0 Å². The Labute approximate surface area is 166 Å². The van der Waals surface area contributed by atoms with Crippen LogP contribution in [-0.4, -0.2) is 27.3 Å². The van der Waals surface area contributed by atoms with Crippen molar-refractivity contribution in [3.05, 3.63) is 57.4 Å². The van der Waals surface area contributed by atoms with E-state index in [2.05, 4.69) is 0 Å². The fourth-order valence-corrected chi connectivity index (χ4v) is 3.83. The Morgan fingerprint density at radius 1 is 0.966 bits per heavy atom. The number of carbonyl (C=O) groups excluding carboxylic acids is 1. The van der Waals surface area contributed by atoms with Crippen LogP contribution in [0.4, 0.5) is 0 Å². The first-order valence-electron chi connectivity index (χ1n) is 9.04. The highest BCUT2D eigenvalue weighted by molar-refractivity contribution is 5.90. The molecule has 0 saturated heterocycles. The van der Waals surface area contributed by atoms with Gasteiger partial charge in [-0.1, -0.05) is 0 Å². The third-order valence-electron chi connectivity index (χ3n) is 5.15. The largest absolute Gasteiger partial charge is 0.493 e. The molecule has 0 spiro atoms. The molecule has 150 valence electrons. The zero-order valence-corrected chi connectivity index (χ0v) is 16.5. The topological polar surface area (TPSA) is 84.2 Å². The van der Waals surface area contributed by atoms with E-state index < -0.39 is 11.5 Å². The molecule has 1 aliphatic heterocycles. The number of ether oxygens (including phenoxy) is 4. The lowest BCUT2D eigenvalue weighted by atomic mass is 9.84. The summed E-state index contributed by atoms with van der Waals surface area (Å²) in [6.07, 6.45) is 0.0857. The van der Waals surface area contributed by atoms with Gasteiger partial charge in [-0.15, -0.1) is 0 Å². The van der Waals surface area contributed by atoms with Crippen molar-refractivity contribution in [2.75, 3.05) is 21.3 Å². The molecule has 0 aliphatic carbocycles. The van der Waals surface area contributed by atoms with Gasteiger partial charge < -0.3 is 23.4 Å². The van der Waals surface area contributed by atoms with Crippen molar-refractivity contribution < 1.29 is 28.2 Å². The monoisotopic (exact) mass is 396 g/mol. The highest BCUT2D eigenvalue weighted by Gasteiger charge is 2.33. The maximum absolute atomic E-state index is 12.3. The molecule has 0 fully saturated rings. The second kappa shape index (κ2) is 7.16. The summed E-state index contributed by atoms with van der Waals surface area (Å²) in [5.41, 5.74) is 2.16. The van der Waals surface area contributed by atoms with Gasteiger partial charge in [-0.2, -0.15) is 0 Å². The molecule has 0 amide bonds. The van der Waals surface area contributed by atoms with E-state index in [0.717, 1.165) is 16.5 Å². The first-order chi connectivity index (χ1) is 14.0. The number of carbonyl (C=O) groups is 1. The highest BCUT2D eigenvalue weighted by Crippen LogP contribution is 2.47. The Bertz CT molecular complexity index is 1150. The second-order valence-corrected chi connectivity index (χ2v) is 6.79. The fourth-order valence-electron chi connectivity index (χ4n) is 3.83. The van der Waals surface area contributed by atoms with Crippen LogP contribution in [0.1, 0.15) is 29.0 Å². The van der Waals surface area contributed by atoms with E-state index in [9.17, 15) is 9.59 Å². The van der Waals surface area contributed by atoms with Crippen LogP contribution in [0.3, 0.4) is 0 Å². The Balaban J connectivity index is 2.01. The SMILES string of the molecule is COc1cc([C@@H]2CC(=O)Oc3ccc4c(C)cc(=O)oc4c32)cc(OC)c1OC. The molecule has 0 saturated carbocycles. The molecule has 1 aromatic heterocycles. The summed E-state index contributed by atoms with van der Waals surface area (Å²) in [6.45, 7) is 1.84. The number of fused-ring (bicyclic) bond motifs is 3. The van der Waals surface area contributed by atoms with Crippen molar-refractivity contribution in [1.29, 1.82) is 0 Å². The van der Waals surface area contributed by atoms with E-state index in [1.54, 1.807) is 24.3 Å². The van der Waals surface area contributed by atoms with Crippen LogP contribution in [0, 0.1) is 6.92 Å². The average Bonchev–Trinajstić information content (AvgIpc) is 2.71. The molecule has 1 aliphatic rings. The molecule has 0 unspecified atom stereocenters. The summed E-state index contributed by atoms with van der Waals surface area (Å²) >= 11 is 0. The highest BCUT2D eigenvalue weighted by atomic mass is 16.5. The maximum atomic E-state index is 12.3. The van der Waals surface area contributed by atoms with Crippen LogP contribution < -0.4 is 24.6 Å². The molecule has 3 aromatic rings. The Kier molecular flexibility index (Phi) is 4.66. The van der Waals surface area contributed by atoms with Crippen molar-refractivity contribution >= 4 is 16.9 Å². The van der Waals surface area contributed by atoms with E-state index in [1.165, 1.54) is 27.4 Å². The van der Waals surface area contributed by atoms with Gasteiger partial charge in [0.15, 0.2) is 11.5 Å². The van der Waals surface area contributed by atoms with Crippen LogP contribution in [0.5, 0.6) is 23.0 Å². The molecule has 7 nitrogen and oxygen atoms in total. The van der Waals surface area contributed by atoms with Crippen LogP contribution in [0.2, 0.25) is 0 Å². The molecule has 7 heteroatoms. The third kappa shape index (κ3) is 3.08. The Morgan fingerprint density at radius 2 is 1.66 bits per heavy atom. The molecular weight excluding hydrogens is 376 g/mol. The molecule has 0 radical (unpaired) electrons. The third-order valence-corrected chi connectivity index (χ3v) is 5.15. The normalized spacial score (nSPS) is 15.6. The number of methoxy groups -OCH3 is 3. The zero-order valence-electron chi connectivity index (χ0n) is 16.5. The summed E-state index contributed by atoms with van der Waals surface area (Å²) in [4.78, 5) is 24.4. The predicted octanol–water partition coefficient (Wildman–Crippen LogP) is 3.57. The standard InChI is InChI=1S/C22H20O7/c1-11-7-18(23)29-21-13(11)5-6-15-20(21)14(10-19(24)28-15)12-8-16(25-2)22(27-4)17(9-12)26-3/h5-9,14H,10H2,1-4H3/t14-/m0/s1. The maximum Gasteiger partial charge on any atom is 0.336 e. The van der Waals surface area contributed by atoms with Gasteiger partial charge in [0, 0.05) is 22.9 Å². The van der Waals surface area contributed by atoms with Gasteiger partial charge in [-0.05, 0) is 42.3 Å². The first-order valence-corrected chi connectivity index (χ1v) is 9.04. The molecule has 0 N–H and O–H groups in total. The lowest BCUT2D eigenvalue weighted by Crippen LogP contribution is -2.22. The van der Waals surface area contributed by atoms with E-state index in [-0.39, 0.29) is 12.4 Å². The van der Waals surface area contributed by atoms with E-state index in [4.69, 9.17) is 23.4 Å². The number of aryl methyl sites for hydroxylation is 1. The van der Waals surface area contributed by atoms with Crippen LogP contribution >= 0.6 is 0 Å². The molecular formula is C22H20O7. The van der Waals surface area contributed by atoms with Crippen molar-refractivity contribution in [3.63, 3.8) is 0 Å². The molecule has 1 atom stereocenters. The Morgan fingerprint density at radius 3 is 2.28 bits per heavy atom. The second-order valence-electron chi connectivity index (χ2n) is 6.79. The summed E-state index contributed by atoms with van der Waals surface area (Å²) in [5.74, 6) is 0.999. The summed E-state index contributed by atoms with van der Waals surface area (Å²) < 4.78 is 27.3. The molecule has 2 aromatic carbocycles. The van der Waals surface area contributed by atoms with Gasteiger partial charge in [-0.3, -0.25) is 4.79 Å². The average molecular weight is 396 g/mol. The van der Waals surface area contributed by atoms with Gasteiger partial charge in [0.25, 0.3) is 0 Å². The van der Waals surface area contributed by atoms with E-state index >= 15 is 0 Å². The molecule has 29 heavy (non-hydrogen) atoms. The number of hydrogen-bond donors (Lipinski definition) is 0. The molecule has 2 heterocycles. The quantitative estimate of drug-likeness (QED) is 0.379. The van der Waals surface area contributed by atoms with E-state index in [0.29, 0.717) is 34.1 Å². The van der Waals surface area contributed by atoms with Gasteiger partial charge in [-0.25, -0.2) is 4.79 Å². The van der Waals surface area contributed by atoms with Crippen molar-refractivity contribution in [1.82, 2.24) is 0 Å². The number of benzene rings is 2. The summed E-state index contributed by atoms with van der Waals surface area (Å²) in [5, 5.41) is 0.791. The predicted molar refractivity (Wildman–Crippen MR) is 105 cm³/mol. The molecule has 0 bridgehead atoms. The fraction of sp³-hybridized carbons (Fsp3) is 0.273. The zero-order chi connectivity index (χ0) is 20.7. The van der Waals surface area contributed by atoms with Crippen molar-refractivity contribution in [2.24, 2.45) is 0 Å². The van der Waals surface area contributed by atoms with E-state index in [1.807, 2.05) is 6.92 Å². The lowest BCUT2D eigenvalue weighted by Gasteiger charge is -2.26. The van der Waals surface area contributed by atoms with Gasteiger partial charge >= 0.3 is 11.6 Å². The van der Waals surface area contributed by atoms with Gasteiger partial charge in [0.2, 0.25) is 5.75 Å². The lowest BCUT2D eigenvalue weighted by molar-refractivity contribution is -0.135. The molecule has 4 rings (SSSR count). The number of rotatable bonds is 4. The van der Waals surface area contributed by atoms with Gasteiger partial charge in [0.1, 0.15) is 11.3 Å². The smallest absolute Gasteiger partial charge is 0.336 e.